The van der Waals surface area contributed by atoms with Crippen LogP contribution < -0.4 is 0 Å². The molecular weight excluding hydrogens is 232 g/mol. The van der Waals surface area contributed by atoms with Crippen molar-refractivity contribution in [3.63, 3.8) is 0 Å². The maximum Gasteiger partial charge on any atom is 0.0647 e. The van der Waals surface area contributed by atoms with Crippen molar-refractivity contribution < 1.29 is 5.11 Å². The van der Waals surface area contributed by atoms with Crippen LogP contribution in [0.25, 0.3) is 6.08 Å². The maximum absolute atomic E-state index is 9.71. The van der Waals surface area contributed by atoms with E-state index in [1.165, 1.54) is 59.9 Å². The van der Waals surface area contributed by atoms with Gasteiger partial charge in [-0.25, -0.2) is 0 Å². The van der Waals surface area contributed by atoms with Crippen molar-refractivity contribution in [1.29, 1.82) is 0 Å². The fourth-order valence-corrected chi connectivity index (χ4v) is 3.37. The minimum absolute atomic E-state index is 0.206. The molecule has 1 saturated carbocycles. The first-order valence-electron chi connectivity index (χ1n) is 7.51. The molecule has 104 valence electrons. The first-order valence-corrected chi connectivity index (χ1v) is 7.51. The van der Waals surface area contributed by atoms with Crippen molar-refractivity contribution >= 4 is 6.08 Å². The van der Waals surface area contributed by atoms with Crippen molar-refractivity contribution in [2.75, 3.05) is 6.61 Å². The molecule has 1 heteroatoms. The number of aliphatic hydroxyl groups excluding tert-OH is 1. The molecule has 1 fully saturated rings. The first kappa shape index (κ1) is 14.3. The number of rotatable bonds is 3. The van der Waals surface area contributed by atoms with Gasteiger partial charge in [0.25, 0.3) is 0 Å². The highest BCUT2D eigenvalue weighted by molar-refractivity contribution is 5.61. The van der Waals surface area contributed by atoms with Gasteiger partial charge < -0.3 is 5.11 Å². The Hall–Kier alpha value is -1.08. The molecular formula is C18H26O. The Balaban J connectivity index is 2.31. The Labute approximate surface area is 117 Å². The normalized spacial score (nSPS) is 17.8. The Morgan fingerprint density at radius 3 is 2.21 bits per heavy atom. The summed E-state index contributed by atoms with van der Waals surface area (Å²) in [5, 5.41) is 9.71. The molecule has 0 saturated heterocycles. The standard InChI is InChI=1S/C18H26O/c1-13-9-14(2)18(15(3)10-13)11-17(12-19)16-7-5-4-6-8-16/h9-11,16,19H,4-8,12H2,1-3H3. The molecule has 0 bridgehead atoms. The van der Waals surface area contributed by atoms with Gasteiger partial charge in [0.15, 0.2) is 0 Å². The third-order valence-corrected chi connectivity index (χ3v) is 4.38. The smallest absolute Gasteiger partial charge is 0.0647 e. The van der Waals surface area contributed by atoms with Crippen molar-refractivity contribution in [3.8, 4) is 0 Å². The van der Waals surface area contributed by atoms with E-state index in [-0.39, 0.29) is 6.61 Å². The predicted octanol–water partition coefficient (Wildman–Crippen LogP) is 4.57. The van der Waals surface area contributed by atoms with Crippen molar-refractivity contribution in [3.05, 3.63) is 40.0 Å². The minimum atomic E-state index is 0.206. The van der Waals surface area contributed by atoms with E-state index in [4.69, 9.17) is 0 Å². The van der Waals surface area contributed by atoms with Crippen LogP contribution in [0.2, 0.25) is 0 Å². The quantitative estimate of drug-likeness (QED) is 0.842. The number of aliphatic hydroxyl groups is 1. The summed E-state index contributed by atoms with van der Waals surface area (Å²) in [7, 11) is 0. The Bertz CT molecular complexity index is 442. The summed E-state index contributed by atoms with van der Waals surface area (Å²) >= 11 is 0. The average molecular weight is 258 g/mol. The second-order valence-corrected chi connectivity index (χ2v) is 6.02. The highest BCUT2D eigenvalue weighted by atomic mass is 16.3. The van der Waals surface area contributed by atoms with Gasteiger partial charge in [0.2, 0.25) is 0 Å². The molecule has 0 heterocycles. The third-order valence-electron chi connectivity index (χ3n) is 4.38. The highest BCUT2D eigenvalue weighted by Crippen LogP contribution is 2.31. The summed E-state index contributed by atoms with van der Waals surface area (Å²) in [6, 6.07) is 4.46. The Morgan fingerprint density at radius 2 is 1.68 bits per heavy atom. The SMILES string of the molecule is Cc1cc(C)c(C=C(CO)C2CCCCC2)c(C)c1. The second-order valence-electron chi connectivity index (χ2n) is 6.02. The van der Waals surface area contributed by atoms with Gasteiger partial charge in [0, 0.05) is 0 Å². The van der Waals surface area contributed by atoms with Gasteiger partial charge >= 0.3 is 0 Å². The van der Waals surface area contributed by atoms with Gasteiger partial charge in [-0.1, -0.05) is 43.0 Å². The van der Waals surface area contributed by atoms with E-state index < -0.39 is 0 Å². The molecule has 0 aliphatic heterocycles. The molecule has 1 nitrogen and oxygen atoms in total. The number of hydrogen-bond donors (Lipinski definition) is 1. The molecule has 0 amide bonds. The van der Waals surface area contributed by atoms with Gasteiger partial charge in [0.1, 0.15) is 0 Å². The molecule has 0 atom stereocenters. The molecule has 0 spiro atoms. The Kier molecular flexibility index (Phi) is 4.81. The molecule has 2 rings (SSSR count). The number of benzene rings is 1. The summed E-state index contributed by atoms with van der Waals surface area (Å²) in [5.74, 6) is 0.596. The maximum atomic E-state index is 9.71. The van der Waals surface area contributed by atoms with Crippen LogP contribution in [0.4, 0.5) is 0 Å². The van der Waals surface area contributed by atoms with Gasteiger partial charge in [0.05, 0.1) is 6.61 Å². The van der Waals surface area contributed by atoms with Gasteiger partial charge in [-0.2, -0.15) is 0 Å². The van der Waals surface area contributed by atoms with E-state index in [1.807, 2.05) is 0 Å². The highest BCUT2D eigenvalue weighted by Gasteiger charge is 2.17. The lowest BCUT2D eigenvalue weighted by Crippen LogP contribution is -2.12. The van der Waals surface area contributed by atoms with Crippen LogP contribution in [0.1, 0.15) is 54.4 Å². The summed E-state index contributed by atoms with van der Waals surface area (Å²) in [6.45, 7) is 6.68. The molecule has 1 aliphatic rings. The van der Waals surface area contributed by atoms with Crippen LogP contribution in [-0.4, -0.2) is 11.7 Å². The molecule has 19 heavy (non-hydrogen) atoms. The van der Waals surface area contributed by atoms with Crippen LogP contribution >= 0.6 is 0 Å². The van der Waals surface area contributed by atoms with E-state index in [0.29, 0.717) is 5.92 Å². The average Bonchev–Trinajstić information content (AvgIpc) is 2.39. The predicted molar refractivity (Wildman–Crippen MR) is 82.3 cm³/mol. The molecule has 0 unspecified atom stereocenters. The zero-order valence-electron chi connectivity index (χ0n) is 12.5. The molecule has 1 aromatic rings. The minimum Gasteiger partial charge on any atom is -0.392 e. The summed E-state index contributed by atoms with van der Waals surface area (Å²) in [6.07, 6.45) is 8.73. The van der Waals surface area contributed by atoms with Crippen molar-refractivity contribution in [1.82, 2.24) is 0 Å². The van der Waals surface area contributed by atoms with Gasteiger partial charge in [-0.05, 0) is 61.8 Å². The Morgan fingerprint density at radius 1 is 1.11 bits per heavy atom. The van der Waals surface area contributed by atoms with E-state index in [0.717, 1.165) is 0 Å². The number of aryl methyl sites for hydroxylation is 3. The van der Waals surface area contributed by atoms with Gasteiger partial charge in [-0.15, -0.1) is 0 Å². The van der Waals surface area contributed by atoms with E-state index >= 15 is 0 Å². The molecule has 1 N–H and O–H groups in total. The summed E-state index contributed by atoms with van der Waals surface area (Å²) in [5.41, 5.74) is 6.49. The van der Waals surface area contributed by atoms with Crippen LogP contribution in [0.5, 0.6) is 0 Å². The lowest BCUT2D eigenvalue weighted by atomic mass is 9.82. The van der Waals surface area contributed by atoms with E-state index in [9.17, 15) is 5.11 Å². The van der Waals surface area contributed by atoms with Crippen LogP contribution in [-0.2, 0) is 0 Å². The molecule has 1 aliphatic carbocycles. The van der Waals surface area contributed by atoms with Crippen molar-refractivity contribution in [2.24, 2.45) is 5.92 Å². The topological polar surface area (TPSA) is 20.2 Å². The van der Waals surface area contributed by atoms with E-state index in [1.54, 1.807) is 0 Å². The van der Waals surface area contributed by atoms with Crippen LogP contribution in [0.3, 0.4) is 0 Å². The monoisotopic (exact) mass is 258 g/mol. The zero-order chi connectivity index (χ0) is 13.8. The van der Waals surface area contributed by atoms with Crippen LogP contribution in [0, 0.1) is 26.7 Å². The largest absolute Gasteiger partial charge is 0.392 e. The number of hydrogen-bond acceptors (Lipinski definition) is 1. The summed E-state index contributed by atoms with van der Waals surface area (Å²) in [4.78, 5) is 0. The lowest BCUT2D eigenvalue weighted by Gasteiger charge is -2.24. The second kappa shape index (κ2) is 6.38. The third kappa shape index (κ3) is 3.48. The van der Waals surface area contributed by atoms with Gasteiger partial charge in [-0.3, -0.25) is 0 Å². The molecule has 0 aromatic heterocycles. The van der Waals surface area contributed by atoms with E-state index in [2.05, 4.69) is 39.0 Å². The first-order chi connectivity index (χ1) is 9.11. The summed E-state index contributed by atoms with van der Waals surface area (Å²) < 4.78 is 0. The lowest BCUT2D eigenvalue weighted by molar-refractivity contribution is 0.295. The van der Waals surface area contributed by atoms with Crippen LogP contribution in [0.15, 0.2) is 17.7 Å². The molecule has 1 aromatic carbocycles. The fraction of sp³-hybridized carbons (Fsp3) is 0.556. The van der Waals surface area contributed by atoms with Crippen molar-refractivity contribution in [2.45, 2.75) is 52.9 Å². The molecule has 0 radical (unpaired) electrons. The zero-order valence-corrected chi connectivity index (χ0v) is 12.5. The fourth-order valence-electron chi connectivity index (χ4n) is 3.37.